The van der Waals surface area contributed by atoms with Gasteiger partial charge in [0.2, 0.25) is 0 Å². The summed E-state index contributed by atoms with van der Waals surface area (Å²) in [5.41, 5.74) is 1.04. The fraction of sp³-hybridized carbons (Fsp3) is 0.462. The van der Waals surface area contributed by atoms with Gasteiger partial charge in [0.25, 0.3) is 0 Å². The molecule has 1 atom stereocenters. The van der Waals surface area contributed by atoms with Gasteiger partial charge in [-0.25, -0.2) is 4.98 Å². The third-order valence-corrected chi connectivity index (χ3v) is 3.45. The van der Waals surface area contributed by atoms with E-state index in [-0.39, 0.29) is 0 Å². The molecule has 0 aliphatic carbocycles. The SMILES string of the molecule is Oc1ccc2cnc(C3CCCCNC3)n2c1. The van der Waals surface area contributed by atoms with E-state index >= 15 is 0 Å². The summed E-state index contributed by atoms with van der Waals surface area (Å²) in [5, 5.41) is 13.0. The second-order valence-corrected chi connectivity index (χ2v) is 4.70. The van der Waals surface area contributed by atoms with Crippen LogP contribution in [0.1, 0.15) is 31.0 Å². The van der Waals surface area contributed by atoms with E-state index in [1.54, 1.807) is 12.3 Å². The maximum atomic E-state index is 9.56. The number of rotatable bonds is 1. The molecule has 1 unspecified atom stereocenters. The first kappa shape index (κ1) is 10.6. The molecule has 0 radical (unpaired) electrons. The Kier molecular flexibility index (Phi) is 2.73. The smallest absolute Gasteiger partial charge is 0.132 e. The van der Waals surface area contributed by atoms with Gasteiger partial charge in [0, 0.05) is 12.5 Å². The molecule has 2 aromatic heterocycles. The van der Waals surface area contributed by atoms with Crippen molar-refractivity contribution in [2.75, 3.05) is 13.1 Å². The molecule has 2 N–H and O–H groups in total. The summed E-state index contributed by atoms with van der Waals surface area (Å²) in [6.07, 6.45) is 7.28. The van der Waals surface area contributed by atoms with Crippen LogP contribution in [-0.2, 0) is 0 Å². The standard InChI is InChI=1S/C13H17N3O/c17-12-5-4-11-8-15-13(16(11)9-12)10-3-1-2-6-14-7-10/h4-5,8-10,14,17H,1-3,6-7H2. The zero-order chi connectivity index (χ0) is 11.7. The number of nitrogens with zero attached hydrogens (tertiary/aromatic N) is 2. The van der Waals surface area contributed by atoms with Crippen LogP contribution in [0.4, 0.5) is 0 Å². The van der Waals surface area contributed by atoms with E-state index in [9.17, 15) is 5.11 Å². The number of nitrogens with one attached hydrogen (secondary N) is 1. The van der Waals surface area contributed by atoms with Crippen molar-refractivity contribution >= 4 is 5.52 Å². The van der Waals surface area contributed by atoms with Crippen molar-refractivity contribution in [1.29, 1.82) is 0 Å². The molecule has 0 aromatic carbocycles. The van der Waals surface area contributed by atoms with Crippen LogP contribution < -0.4 is 5.32 Å². The third kappa shape index (κ3) is 2.00. The maximum Gasteiger partial charge on any atom is 0.132 e. The first-order chi connectivity index (χ1) is 8.34. The minimum atomic E-state index is 0.290. The molecule has 90 valence electrons. The van der Waals surface area contributed by atoms with Crippen LogP contribution in [0.5, 0.6) is 5.75 Å². The van der Waals surface area contributed by atoms with Crippen LogP contribution in [0.15, 0.2) is 24.5 Å². The first-order valence-corrected chi connectivity index (χ1v) is 6.21. The van der Waals surface area contributed by atoms with Gasteiger partial charge in [-0.15, -0.1) is 0 Å². The van der Waals surface area contributed by atoms with Crippen LogP contribution in [0, 0.1) is 0 Å². The number of hydrogen-bond acceptors (Lipinski definition) is 3. The van der Waals surface area contributed by atoms with E-state index < -0.39 is 0 Å². The number of aromatic nitrogens is 2. The molecular formula is C13H17N3O. The monoisotopic (exact) mass is 231 g/mol. The average molecular weight is 231 g/mol. The van der Waals surface area contributed by atoms with Crippen molar-refractivity contribution in [3.63, 3.8) is 0 Å². The fourth-order valence-corrected chi connectivity index (χ4v) is 2.54. The third-order valence-electron chi connectivity index (χ3n) is 3.45. The van der Waals surface area contributed by atoms with E-state index in [4.69, 9.17) is 0 Å². The maximum absolute atomic E-state index is 9.56. The largest absolute Gasteiger partial charge is 0.506 e. The normalized spacial score (nSPS) is 21.5. The second kappa shape index (κ2) is 4.37. The van der Waals surface area contributed by atoms with Gasteiger partial charge in [0.1, 0.15) is 11.6 Å². The van der Waals surface area contributed by atoms with E-state index in [1.807, 2.05) is 16.7 Å². The van der Waals surface area contributed by atoms with Gasteiger partial charge in [-0.3, -0.25) is 4.40 Å². The zero-order valence-electron chi connectivity index (χ0n) is 9.76. The molecule has 2 aromatic rings. The molecule has 0 saturated carbocycles. The van der Waals surface area contributed by atoms with Gasteiger partial charge >= 0.3 is 0 Å². The summed E-state index contributed by atoms with van der Waals surface area (Å²) < 4.78 is 2.01. The molecule has 3 rings (SSSR count). The summed E-state index contributed by atoms with van der Waals surface area (Å²) in [6, 6.07) is 3.60. The lowest BCUT2D eigenvalue weighted by Gasteiger charge is -2.13. The summed E-state index contributed by atoms with van der Waals surface area (Å²) in [5.74, 6) is 1.80. The summed E-state index contributed by atoms with van der Waals surface area (Å²) >= 11 is 0. The Bertz CT molecular complexity index is 512. The predicted molar refractivity (Wildman–Crippen MR) is 66.3 cm³/mol. The Hall–Kier alpha value is -1.55. The molecule has 4 heteroatoms. The van der Waals surface area contributed by atoms with Gasteiger partial charge in [0.15, 0.2) is 0 Å². The van der Waals surface area contributed by atoms with Crippen LogP contribution >= 0.6 is 0 Å². The fourth-order valence-electron chi connectivity index (χ4n) is 2.54. The molecule has 0 spiro atoms. The number of imidazole rings is 1. The lowest BCUT2D eigenvalue weighted by Crippen LogP contribution is -2.20. The molecular weight excluding hydrogens is 214 g/mol. The quantitative estimate of drug-likeness (QED) is 0.788. The van der Waals surface area contributed by atoms with Crippen molar-refractivity contribution in [1.82, 2.24) is 14.7 Å². The van der Waals surface area contributed by atoms with E-state index in [0.29, 0.717) is 11.7 Å². The lowest BCUT2D eigenvalue weighted by atomic mass is 10.0. The highest BCUT2D eigenvalue weighted by atomic mass is 16.3. The van der Waals surface area contributed by atoms with E-state index in [2.05, 4.69) is 10.3 Å². The lowest BCUT2D eigenvalue weighted by molar-refractivity contribution is 0.470. The summed E-state index contributed by atoms with van der Waals surface area (Å²) in [6.45, 7) is 2.08. The van der Waals surface area contributed by atoms with Crippen molar-refractivity contribution in [2.45, 2.75) is 25.2 Å². The van der Waals surface area contributed by atoms with Gasteiger partial charge in [-0.2, -0.15) is 0 Å². The second-order valence-electron chi connectivity index (χ2n) is 4.70. The molecule has 4 nitrogen and oxygen atoms in total. The van der Waals surface area contributed by atoms with E-state index in [0.717, 1.165) is 24.4 Å². The van der Waals surface area contributed by atoms with Crippen molar-refractivity contribution < 1.29 is 5.11 Å². The van der Waals surface area contributed by atoms with Gasteiger partial charge in [-0.1, -0.05) is 6.42 Å². The highest BCUT2D eigenvalue weighted by Gasteiger charge is 2.18. The van der Waals surface area contributed by atoms with Crippen LogP contribution in [0.3, 0.4) is 0 Å². The van der Waals surface area contributed by atoms with Crippen LogP contribution in [0.25, 0.3) is 5.52 Å². The van der Waals surface area contributed by atoms with Crippen molar-refractivity contribution in [2.24, 2.45) is 0 Å². The molecule has 0 bridgehead atoms. The highest BCUT2D eigenvalue weighted by Crippen LogP contribution is 2.24. The van der Waals surface area contributed by atoms with Crippen molar-refractivity contribution in [3.8, 4) is 5.75 Å². The number of fused-ring (bicyclic) bond motifs is 1. The number of pyridine rings is 1. The molecule has 1 aliphatic heterocycles. The average Bonchev–Trinajstić information content (AvgIpc) is 2.58. The Balaban J connectivity index is 2.00. The number of hydrogen-bond donors (Lipinski definition) is 2. The van der Waals surface area contributed by atoms with Crippen molar-refractivity contribution in [3.05, 3.63) is 30.4 Å². The predicted octanol–water partition coefficient (Wildman–Crippen LogP) is 1.90. The van der Waals surface area contributed by atoms with Crippen LogP contribution in [0.2, 0.25) is 0 Å². The topological polar surface area (TPSA) is 49.6 Å². The molecule has 0 amide bonds. The number of aromatic hydroxyl groups is 1. The Morgan fingerprint density at radius 1 is 1.35 bits per heavy atom. The van der Waals surface area contributed by atoms with Gasteiger partial charge < -0.3 is 10.4 Å². The Morgan fingerprint density at radius 2 is 2.29 bits per heavy atom. The van der Waals surface area contributed by atoms with Gasteiger partial charge in [-0.05, 0) is 31.5 Å². The molecule has 1 aliphatic rings. The highest BCUT2D eigenvalue weighted by molar-refractivity contribution is 5.48. The minimum Gasteiger partial charge on any atom is -0.506 e. The molecule has 1 fully saturated rings. The molecule has 1 saturated heterocycles. The Morgan fingerprint density at radius 3 is 3.24 bits per heavy atom. The Labute approximate surface area is 100 Å². The van der Waals surface area contributed by atoms with Gasteiger partial charge in [0.05, 0.1) is 17.9 Å². The molecule has 17 heavy (non-hydrogen) atoms. The summed E-state index contributed by atoms with van der Waals surface area (Å²) in [4.78, 5) is 4.51. The van der Waals surface area contributed by atoms with E-state index in [1.165, 1.54) is 19.3 Å². The first-order valence-electron chi connectivity index (χ1n) is 6.21. The van der Waals surface area contributed by atoms with Crippen LogP contribution in [-0.4, -0.2) is 27.6 Å². The zero-order valence-corrected chi connectivity index (χ0v) is 9.76. The molecule has 3 heterocycles. The summed E-state index contributed by atoms with van der Waals surface area (Å²) in [7, 11) is 0. The minimum absolute atomic E-state index is 0.290.